The third-order valence-corrected chi connectivity index (χ3v) is 1.82. The second-order valence-electron chi connectivity index (χ2n) is 3.27. The Kier molecular flexibility index (Phi) is 7.26. The molecule has 0 aliphatic heterocycles. The summed E-state index contributed by atoms with van der Waals surface area (Å²) in [6.45, 7) is 3.51. The summed E-state index contributed by atoms with van der Waals surface area (Å²) in [5, 5.41) is 2.26. The summed E-state index contributed by atoms with van der Waals surface area (Å²) in [4.78, 5) is 21.4. The molecule has 0 aromatic heterocycles. The number of nitrogens with one attached hydrogen (secondary N) is 1. The maximum Gasteiger partial charge on any atom is 0.226 e. The van der Waals surface area contributed by atoms with Crippen LogP contribution in [0, 0.1) is 0 Å². The molecule has 0 aromatic rings. The van der Waals surface area contributed by atoms with Gasteiger partial charge in [0.1, 0.15) is 0 Å². The third-order valence-electron chi connectivity index (χ3n) is 1.82. The number of hydrogen-bond donors (Lipinski definition) is 1. The summed E-state index contributed by atoms with van der Waals surface area (Å²) < 4.78 is 0. The zero-order chi connectivity index (χ0) is 10.1. The smallest absolute Gasteiger partial charge is 0.226 e. The van der Waals surface area contributed by atoms with Crippen LogP contribution in [0.1, 0.15) is 52.4 Å². The largest absolute Gasteiger partial charge is 0.297 e. The number of carbonyl (C=O) groups excluding carboxylic acids is 2. The van der Waals surface area contributed by atoms with E-state index in [0.29, 0.717) is 6.42 Å². The Morgan fingerprint density at radius 2 is 1.69 bits per heavy atom. The van der Waals surface area contributed by atoms with Gasteiger partial charge in [-0.2, -0.15) is 0 Å². The van der Waals surface area contributed by atoms with Crippen LogP contribution < -0.4 is 5.32 Å². The van der Waals surface area contributed by atoms with Gasteiger partial charge in [-0.25, -0.2) is 0 Å². The molecule has 3 nitrogen and oxygen atoms in total. The van der Waals surface area contributed by atoms with Gasteiger partial charge in [0.2, 0.25) is 11.8 Å². The molecule has 0 heterocycles. The maximum absolute atomic E-state index is 11.0. The molecule has 76 valence electrons. The average molecular weight is 185 g/mol. The highest BCUT2D eigenvalue weighted by Gasteiger charge is 2.01. The molecule has 0 spiro atoms. The fourth-order valence-corrected chi connectivity index (χ4v) is 1.15. The standard InChI is InChI=1S/C10H19NO2/c1-3-4-5-6-7-8-10(13)11-9(2)12/h3-8H2,1-2H3,(H,11,12,13). The summed E-state index contributed by atoms with van der Waals surface area (Å²) in [5.74, 6) is -0.414. The minimum Gasteiger partial charge on any atom is -0.297 e. The highest BCUT2D eigenvalue weighted by Crippen LogP contribution is 2.04. The Balaban J connectivity index is 3.22. The Bertz CT molecular complexity index is 166. The van der Waals surface area contributed by atoms with E-state index in [4.69, 9.17) is 0 Å². The van der Waals surface area contributed by atoms with Crippen LogP contribution in [0.4, 0.5) is 0 Å². The number of unbranched alkanes of at least 4 members (excludes halogenated alkanes) is 4. The van der Waals surface area contributed by atoms with Gasteiger partial charge in [-0.1, -0.05) is 32.6 Å². The van der Waals surface area contributed by atoms with E-state index in [2.05, 4.69) is 12.2 Å². The van der Waals surface area contributed by atoms with Gasteiger partial charge in [-0.3, -0.25) is 14.9 Å². The zero-order valence-corrected chi connectivity index (χ0v) is 8.56. The first kappa shape index (κ1) is 12.1. The van der Waals surface area contributed by atoms with Crippen molar-refractivity contribution in [1.82, 2.24) is 5.32 Å². The van der Waals surface area contributed by atoms with E-state index in [0.717, 1.165) is 12.8 Å². The molecular weight excluding hydrogens is 166 g/mol. The Morgan fingerprint density at radius 3 is 2.23 bits per heavy atom. The van der Waals surface area contributed by atoms with Crippen LogP contribution in [0.3, 0.4) is 0 Å². The molecular formula is C10H19NO2. The summed E-state index contributed by atoms with van der Waals surface area (Å²) in [6, 6.07) is 0. The lowest BCUT2D eigenvalue weighted by Gasteiger charge is -2.00. The van der Waals surface area contributed by atoms with Crippen LogP contribution in [0.2, 0.25) is 0 Å². The highest BCUT2D eigenvalue weighted by molar-refractivity contribution is 5.93. The molecule has 0 saturated heterocycles. The second-order valence-corrected chi connectivity index (χ2v) is 3.27. The van der Waals surface area contributed by atoms with Crippen LogP contribution in [-0.2, 0) is 9.59 Å². The van der Waals surface area contributed by atoms with E-state index < -0.39 is 0 Å². The maximum atomic E-state index is 11.0. The Labute approximate surface area is 79.9 Å². The predicted molar refractivity (Wildman–Crippen MR) is 52.2 cm³/mol. The van der Waals surface area contributed by atoms with E-state index in [1.807, 2.05) is 0 Å². The molecule has 0 saturated carbocycles. The number of amides is 2. The first-order valence-electron chi connectivity index (χ1n) is 4.97. The third kappa shape index (κ3) is 9.05. The van der Waals surface area contributed by atoms with Gasteiger partial charge in [-0.05, 0) is 6.42 Å². The van der Waals surface area contributed by atoms with Crippen molar-refractivity contribution in [3.63, 3.8) is 0 Å². The molecule has 0 aliphatic rings. The van der Waals surface area contributed by atoms with Crippen molar-refractivity contribution in [3.05, 3.63) is 0 Å². The molecule has 0 aromatic carbocycles. The summed E-state index contributed by atoms with van der Waals surface area (Å²) in [7, 11) is 0. The zero-order valence-electron chi connectivity index (χ0n) is 8.56. The van der Waals surface area contributed by atoms with E-state index in [9.17, 15) is 9.59 Å². The minimum absolute atomic E-state index is 0.149. The lowest BCUT2D eigenvalue weighted by atomic mass is 10.1. The van der Waals surface area contributed by atoms with E-state index >= 15 is 0 Å². The van der Waals surface area contributed by atoms with Crippen molar-refractivity contribution >= 4 is 11.8 Å². The van der Waals surface area contributed by atoms with Gasteiger partial charge in [0, 0.05) is 13.3 Å². The van der Waals surface area contributed by atoms with Gasteiger partial charge in [0.25, 0.3) is 0 Å². The summed E-state index contributed by atoms with van der Waals surface area (Å²) >= 11 is 0. The van der Waals surface area contributed by atoms with E-state index in [1.54, 1.807) is 0 Å². The molecule has 13 heavy (non-hydrogen) atoms. The molecule has 0 unspecified atom stereocenters. The predicted octanol–water partition coefficient (Wildman–Crippen LogP) is 2.01. The van der Waals surface area contributed by atoms with Gasteiger partial charge in [0.15, 0.2) is 0 Å². The number of hydrogen-bond acceptors (Lipinski definition) is 2. The van der Waals surface area contributed by atoms with Crippen molar-refractivity contribution in [3.8, 4) is 0 Å². The van der Waals surface area contributed by atoms with E-state index in [-0.39, 0.29) is 11.8 Å². The van der Waals surface area contributed by atoms with Crippen LogP contribution in [-0.4, -0.2) is 11.8 Å². The minimum atomic E-state index is -0.265. The van der Waals surface area contributed by atoms with Gasteiger partial charge in [-0.15, -0.1) is 0 Å². The van der Waals surface area contributed by atoms with Gasteiger partial charge in [0.05, 0.1) is 0 Å². The van der Waals surface area contributed by atoms with Crippen molar-refractivity contribution in [2.75, 3.05) is 0 Å². The molecule has 0 bridgehead atoms. The van der Waals surface area contributed by atoms with Crippen molar-refractivity contribution < 1.29 is 9.59 Å². The molecule has 0 fully saturated rings. The number of rotatable bonds is 6. The van der Waals surface area contributed by atoms with Crippen molar-refractivity contribution in [2.45, 2.75) is 52.4 Å². The Morgan fingerprint density at radius 1 is 1.08 bits per heavy atom. The van der Waals surface area contributed by atoms with Gasteiger partial charge >= 0.3 is 0 Å². The van der Waals surface area contributed by atoms with Crippen LogP contribution in [0.15, 0.2) is 0 Å². The normalized spacial score (nSPS) is 9.69. The average Bonchev–Trinajstić information content (AvgIpc) is 2.02. The SMILES string of the molecule is CCCCCCCC(=O)NC(C)=O. The van der Waals surface area contributed by atoms with Crippen molar-refractivity contribution in [2.24, 2.45) is 0 Å². The molecule has 1 N–H and O–H groups in total. The second kappa shape index (κ2) is 7.77. The van der Waals surface area contributed by atoms with Gasteiger partial charge < -0.3 is 0 Å². The molecule has 0 atom stereocenters. The van der Waals surface area contributed by atoms with Crippen LogP contribution >= 0.6 is 0 Å². The summed E-state index contributed by atoms with van der Waals surface area (Å²) in [6.07, 6.45) is 6.07. The first-order chi connectivity index (χ1) is 6.16. The van der Waals surface area contributed by atoms with E-state index in [1.165, 1.54) is 26.2 Å². The number of carbonyl (C=O) groups is 2. The number of imide groups is 1. The molecule has 3 heteroatoms. The highest BCUT2D eigenvalue weighted by atomic mass is 16.2. The molecule has 0 rings (SSSR count). The first-order valence-corrected chi connectivity index (χ1v) is 4.97. The summed E-state index contributed by atoms with van der Waals surface area (Å²) in [5.41, 5.74) is 0. The molecule has 2 amide bonds. The van der Waals surface area contributed by atoms with Crippen LogP contribution in [0.5, 0.6) is 0 Å². The fraction of sp³-hybridized carbons (Fsp3) is 0.800. The lowest BCUT2D eigenvalue weighted by Crippen LogP contribution is -2.27. The molecule has 0 radical (unpaired) electrons. The fourth-order valence-electron chi connectivity index (χ4n) is 1.15. The van der Waals surface area contributed by atoms with Crippen LogP contribution in [0.25, 0.3) is 0 Å². The topological polar surface area (TPSA) is 46.2 Å². The van der Waals surface area contributed by atoms with Crippen molar-refractivity contribution in [1.29, 1.82) is 0 Å². The molecule has 0 aliphatic carbocycles. The monoisotopic (exact) mass is 185 g/mol. The lowest BCUT2D eigenvalue weighted by molar-refractivity contribution is -0.129. The Hall–Kier alpha value is -0.860. The quantitative estimate of drug-likeness (QED) is 0.643.